The Morgan fingerprint density at radius 3 is 1.73 bits per heavy atom. The topological polar surface area (TPSA) is 52.0 Å². The number of hydrogen-bond donors (Lipinski definition) is 4. The first-order valence-corrected chi connectivity index (χ1v) is 6.26. The Hall–Kier alpha value is -0.480. The third-order valence-electron chi connectivity index (χ3n) is 2.61. The fourth-order valence-electron chi connectivity index (χ4n) is 1.65. The molecule has 0 atom stereocenters. The molecule has 0 spiro atoms. The van der Waals surface area contributed by atoms with Crippen LogP contribution in [-0.2, 0) is 12.8 Å². The minimum absolute atomic E-state index is 0.799. The number of aryl methyl sites for hydroxylation is 2. The molecule has 2 nitrogen and oxygen atoms in total. The van der Waals surface area contributed by atoms with E-state index in [0.717, 1.165) is 52.4 Å². The van der Waals surface area contributed by atoms with Gasteiger partial charge in [-0.3, -0.25) is 0 Å². The Morgan fingerprint density at radius 2 is 1.40 bits per heavy atom. The summed E-state index contributed by atoms with van der Waals surface area (Å²) in [6, 6.07) is 2.09. The Kier molecular flexibility index (Phi) is 4.67. The zero-order valence-corrected chi connectivity index (χ0v) is 10.7. The Morgan fingerprint density at radius 1 is 1.00 bits per heavy atom. The molecule has 0 radical (unpaired) electrons. The van der Waals surface area contributed by atoms with E-state index in [1.54, 1.807) is 0 Å². The van der Waals surface area contributed by atoms with E-state index >= 15 is 0 Å². The van der Waals surface area contributed by atoms with Crippen LogP contribution in [0.4, 0.5) is 11.4 Å². The molecule has 0 heterocycles. The van der Waals surface area contributed by atoms with Gasteiger partial charge in [0.2, 0.25) is 0 Å². The van der Waals surface area contributed by atoms with Crippen LogP contribution < -0.4 is 11.5 Å². The van der Waals surface area contributed by atoms with E-state index < -0.39 is 0 Å². The second-order valence-corrected chi connectivity index (χ2v) is 4.49. The lowest BCUT2D eigenvalue weighted by Crippen LogP contribution is -2.06. The summed E-state index contributed by atoms with van der Waals surface area (Å²) >= 11 is 8.45. The second-order valence-electron chi connectivity index (χ2n) is 3.59. The first-order chi connectivity index (χ1) is 7.11. The lowest BCUT2D eigenvalue weighted by Gasteiger charge is -2.14. The Bertz CT molecular complexity index is 321. The lowest BCUT2D eigenvalue weighted by atomic mass is 9.98. The van der Waals surface area contributed by atoms with E-state index in [4.69, 9.17) is 11.5 Å². The SMILES string of the molecule is Cc1c(N)c(CCS)cc(CCS)c1N. The van der Waals surface area contributed by atoms with Crippen LogP contribution in [0.1, 0.15) is 16.7 Å². The molecule has 0 unspecified atom stereocenters. The summed E-state index contributed by atoms with van der Waals surface area (Å²) in [7, 11) is 0. The summed E-state index contributed by atoms with van der Waals surface area (Å²) in [5, 5.41) is 0. The summed E-state index contributed by atoms with van der Waals surface area (Å²) in [4.78, 5) is 0. The van der Waals surface area contributed by atoms with Crippen LogP contribution in [0, 0.1) is 6.92 Å². The summed E-state index contributed by atoms with van der Waals surface area (Å²) in [5.74, 6) is 1.60. The highest BCUT2D eigenvalue weighted by molar-refractivity contribution is 7.80. The van der Waals surface area contributed by atoms with Crippen LogP contribution >= 0.6 is 25.3 Å². The van der Waals surface area contributed by atoms with Crippen molar-refractivity contribution >= 4 is 36.6 Å². The number of rotatable bonds is 4. The molecule has 15 heavy (non-hydrogen) atoms. The molecule has 0 aliphatic carbocycles. The second kappa shape index (κ2) is 5.56. The zero-order chi connectivity index (χ0) is 11.4. The van der Waals surface area contributed by atoms with Crippen LogP contribution in [0.2, 0.25) is 0 Å². The molecule has 0 aromatic heterocycles. The van der Waals surface area contributed by atoms with Crippen molar-refractivity contribution in [2.45, 2.75) is 19.8 Å². The highest BCUT2D eigenvalue weighted by Gasteiger charge is 2.09. The molecule has 84 valence electrons. The monoisotopic (exact) mass is 242 g/mol. The van der Waals surface area contributed by atoms with Gasteiger partial charge in [-0.2, -0.15) is 25.3 Å². The molecule has 0 bridgehead atoms. The lowest BCUT2D eigenvalue weighted by molar-refractivity contribution is 1.10. The molecule has 0 saturated heterocycles. The van der Waals surface area contributed by atoms with E-state index in [1.165, 1.54) is 0 Å². The third-order valence-corrected chi connectivity index (χ3v) is 3.06. The van der Waals surface area contributed by atoms with Gasteiger partial charge in [0.15, 0.2) is 0 Å². The van der Waals surface area contributed by atoms with Gasteiger partial charge in [-0.1, -0.05) is 6.07 Å². The molecule has 1 aromatic carbocycles. The molecule has 1 rings (SSSR count). The summed E-state index contributed by atoms with van der Waals surface area (Å²) < 4.78 is 0. The largest absolute Gasteiger partial charge is 0.398 e. The van der Waals surface area contributed by atoms with Crippen molar-refractivity contribution in [3.05, 3.63) is 22.8 Å². The number of anilines is 2. The fraction of sp³-hybridized carbons (Fsp3) is 0.455. The van der Waals surface area contributed by atoms with Crippen molar-refractivity contribution in [1.29, 1.82) is 0 Å². The number of hydrogen-bond acceptors (Lipinski definition) is 4. The van der Waals surface area contributed by atoms with E-state index in [2.05, 4.69) is 31.3 Å². The standard InChI is InChI=1S/C11H18N2S2/c1-7-10(12)8(2-4-14)6-9(3-5-15)11(7)13/h6,14-15H,2-5,12-13H2,1H3. The van der Waals surface area contributed by atoms with Crippen molar-refractivity contribution in [2.75, 3.05) is 23.0 Å². The van der Waals surface area contributed by atoms with E-state index in [1.807, 2.05) is 6.92 Å². The predicted molar refractivity (Wildman–Crippen MR) is 75.1 cm³/mol. The quantitative estimate of drug-likeness (QED) is 0.483. The highest BCUT2D eigenvalue weighted by atomic mass is 32.1. The van der Waals surface area contributed by atoms with Gasteiger partial charge in [-0.05, 0) is 48.0 Å². The van der Waals surface area contributed by atoms with Crippen molar-refractivity contribution in [2.24, 2.45) is 0 Å². The average Bonchev–Trinajstić information content (AvgIpc) is 2.22. The average molecular weight is 242 g/mol. The molecule has 1 aromatic rings. The van der Waals surface area contributed by atoms with Gasteiger partial charge in [0.1, 0.15) is 0 Å². The van der Waals surface area contributed by atoms with Gasteiger partial charge in [-0.25, -0.2) is 0 Å². The van der Waals surface area contributed by atoms with E-state index in [9.17, 15) is 0 Å². The molecular formula is C11H18N2S2. The molecule has 0 fully saturated rings. The first kappa shape index (κ1) is 12.6. The minimum atomic E-state index is 0.799. The molecule has 0 aliphatic rings. The van der Waals surface area contributed by atoms with Crippen LogP contribution in [-0.4, -0.2) is 11.5 Å². The van der Waals surface area contributed by atoms with Crippen LogP contribution in [0.15, 0.2) is 6.07 Å². The third kappa shape index (κ3) is 2.75. The Balaban J connectivity index is 3.19. The maximum atomic E-state index is 6.00. The van der Waals surface area contributed by atoms with Crippen LogP contribution in [0.25, 0.3) is 0 Å². The molecule has 4 heteroatoms. The van der Waals surface area contributed by atoms with Gasteiger partial charge in [-0.15, -0.1) is 0 Å². The van der Waals surface area contributed by atoms with Crippen LogP contribution in [0.3, 0.4) is 0 Å². The van der Waals surface area contributed by atoms with Crippen molar-refractivity contribution < 1.29 is 0 Å². The molecule has 0 aliphatic heterocycles. The van der Waals surface area contributed by atoms with E-state index in [-0.39, 0.29) is 0 Å². The fourth-order valence-corrected chi connectivity index (χ4v) is 2.13. The maximum Gasteiger partial charge on any atom is 0.0397 e. The predicted octanol–water partition coefficient (Wildman–Crippen LogP) is 2.10. The van der Waals surface area contributed by atoms with Crippen molar-refractivity contribution in [3.63, 3.8) is 0 Å². The normalized spacial score (nSPS) is 10.6. The van der Waals surface area contributed by atoms with Gasteiger partial charge >= 0.3 is 0 Å². The number of nitrogen functional groups attached to an aromatic ring is 2. The van der Waals surface area contributed by atoms with Gasteiger partial charge in [0, 0.05) is 11.4 Å². The number of benzene rings is 1. The smallest absolute Gasteiger partial charge is 0.0397 e. The molecule has 4 N–H and O–H groups in total. The molecular weight excluding hydrogens is 224 g/mol. The maximum absolute atomic E-state index is 6.00. The zero-order valence-electron chi connectivity index (χ0n) is 8.95. The summed E-state index contributed by atoms with van der Waals surface area (Å²) in [6.45, 7) is 1.97. The number of thiol groups is 2. The molecule has 0 saturated carbocycles. The van der Waals surface area contributed by atoms with Crippen molar-refractivity contribution in [3.8, 4) is 0 Å². The first-order valence-electron chi connectivity index (χ1n) is 4.99. The highest BCUT2D eigenvalue weighted by Crippen LogP contribution is 2.28. The van der Waals surface area contributed by atoms with Gasteiger partial charge in [0.05, 0.1) is 0 Å². The Labute approximate surface area is 102 Å². The number of nitrogens with two attached hydrogens (primary N) is 2. The molecule has 0 amide bonds. The van der Waals surface area contributed by atoms with E-state index in [0.29, 0.717) is 0 Å². The summed E-state index contributed by atoms with van der Waals surface area (Å²) in [6.07, 6.45) is 1.77. The van der Waals surface area contributed by atoms with Crippen molar-refractivity contribution in [1.82, 2.24) is 0 Å². The van der Waals surface area contributed by atoms with Gasteiger partial charge < -0.3 is 11.5 Å². The summed E-state index contributed by atoms with van der Waals surface area (Å²) in [5.41, 5.74) is 16.9. The van der Waals surface area contributed by atoms with Gasteiger partial charge in [0.25, 0.3) is 0 Å². The van der Waals surface area contributed by atoms with Crippen LogP contribution in [0.5, 0.6) is 0 Å². The minimum Gasteiger partial charge on any atom is -0.398 e.